The minimum atomic E-state index is -0.305. The molecular formula is C18H18N2O3S. The lowest BCUT2D eigenvalue weighted by atomic mass is 9.88. The molecule has 0 unspecified atom stereocenters. The van der Waals surface area contributed by atoms with Crippen molar-refractivity contribution in [2.75, 3.05) is 32.2 Å². The molecule has 0 atom stereocenters. The first-order valence-electron chi connectivity index (χ1n) is 7.73. The maximum atomic E-state index is 9.53. The van der Waals surface area contributed by atoms with Crippen LogP contribution in [-0.4, -0.2) is 36.5 Å². The second kappa shape index (κ2) is 6.05. The highest BCUT2D eigenvalue weighted by atomic mass is 32.1. The van der Waals surface area contributed by atoms with Crippen molar-refractivity contribution in [3.05, 3.63) is 41.1 Å². The van der Waals surface area contributed by atoms with Crippen molar-refractivity contribution in [3.8, 4) is 16.9 Å². The largest absolute Gasteiger partial charge is 0.492 e. The third kappa shape index (κ3) is 2.73. The van der Waals surface area contributed by atoms with Crippen molar-refractivity contribution in [2.45, 2.75) is 0 Å². The van der Waals surface area contributed by atoms with Gasteiger partial charge in [0.2, 0.25) is 0 Å². The molecule has 2 aromatic heterocycles. The van der Waals surface area contributed by atoms with E-state index in [1.165, 1.54) is 5.56 Å². The van der Waals surface area contributed by atoms with Crippen LogP contribution in [0.5, 0.6) is 5.75 Å². The molecule has 5 nitrogen and oxygen atoms in total. The molecule has 1 aromatic carbocycles. The normalized spacial score (nSPS) is 16.0. The molecule has 6 heteroatoms. The van der Waals surface area contributed by atoms with E-state index in [0.717, 1.165) is 16.5 Å². The summed E-state index contributed by atoms with van der Waals surface area (Å²) in [7, 11) is 0. The number of fused-ring (bicyclic) bond motifs is 1. The van der Waals surface area contributed by atoms with Crippen LogP contribution in [-0.2, 0) is 4.74 Å². The fraction of sp³-hybridized carbons (Fsp3) is 0.278. The van der Waals surface area contributed by atoms with Gasteiger partial charge in [-0.15, -0.1) is 0 Å². The van der Waals surface area contributed by atoms with Gasteiger partial charge >= 0.3 is 0 Å². The number of anilines is 1. The highest BCUT2D eigenvalue weighted by Crippen LogP contribution is 2.33. The van der Waals surface area contributed by atoms with Crippen molar-refractivity contribution in [2.24, 2.45) is 5.41 Å². The number of pyridine rings is 1. The number of benzene rings is 1. The predicted molar refractivity (Wildman–Crippen MR) is 95.3 cm³/mol. The van der Waals surface area contributed by atoms with E-state index in [9.17, 15) is 5.11 Å². The molecule has 0 spiro atoms. The van der Waals surface area contributed by atoms with Crippen molar-refractivity contribution >= 4 is 28.1 Å². The van der Waals surface area contributed by atoms with Crippen LogP contribution < -0.4 is 10.5 Å². The Kier molecular flexibility index (Phi) is 3.88. The number of rotatable bonds is 5. The number of hydrogen-bond acceptors (Lipinski definition) is 6. The molecule has 124 valence electrons. The first-order chi connectivity index (χ1) is 11.7. The van der Waals surface area contributed by atoms with E-state index in [0.29, 0.717) is 31.4 Å². The molecule has 1 fully saturated rings. The maximum Gasteiger partial charge on any atom is 0.132 e. The highest BCUT2D eigenvalue weighted by molar-refractivity contribution is 7.08. The van der Waals surface area contributed by atoms with E-state index in [2.05, 4.69) is 27.9 Å². The predicted octanol–water partition coefficient (Wildman–Crippen LogP) is 2.93. The summed E-state index contributed by atoms with van der Waals surface area (Å²) in [4.78, 5) is 4.43. The lowest BCUT2D eigenvalue weighted by molar-refractivity contribution is -0.153. The number of ether oxygens (including phenoxy) is 2. The number of aromatic nitrogens is 1. The average molecular weight is 342 g/mol. The van der Waals surface area contributed by atoms with Gasteiger partial charge in [-0.2, -0.15) is 11.3 Å². The van der Waals surface area contributed by atoms with Gasteiger partial charge in [0.25, 0.3) is 0 Å². The van der Waals surface area contributed by atoms with Gasteiger partial charge in [0.05, 0.1) is 30.8 Å². The lowest BCUT2D eigenvalue weighted by Crippen LogP contribution is -2.49. The molecular weight excluding hydrogens is 324 g/mol. The zero-order chi connectivity index (χ0) is 16.6. The molecule has 0 saturated carbocycles. The van der Waals surface area contributed by atoms with E-state index in [-0.39, 0.29) is 12.0 Å². The van der Waals surface area contributed by atoms with Gasteiger partial charge in [-0.3, -0.25) is 0 Å². The number of hydrogen-bond donors (Lipinski definition) is 2. The fourth-order valence-electron chi connectivity index (χ4n) is 2.79. The Morgan fingerprint density at radius 2 is 2.12 bits per heavy atom. The third-order valence-corrected chi connectivity index (χ3v) is 5.02. The van der Waals surface area contributed by atoms with Crippen LogP contribution >= 0.6 is 11.3 Å². The number of aliphatic hydroxyl groups is 1. The van der Waals surface area contributed by atoms with Crippen LogP contribution in [0.2, 0.25) is 0 Å². The molecule has 0 aliphatic carbocycles. The molecule has 1 aliphatic heterocycles. The van der Waals surface area contributed by atoms with Gasteiger partial charge < -0.3 is 20.3 Å². The Morgan fingerprint density at radius 3 is 2.79 bits per heavy atom. The summed E-state index contributed by atoms with van der Waals surface area (Å²) in [6.07, 6.45) is 0. The minimum Gasteiger partial charge on any atom is -0.492 e. The van der Waals surface area contributed by atoms with E-state index < -0.39 is 0 Å². The van der Waals surface area contributed by atoms with Gasteiger partial charge in [0, 0.05) is 11.5 Å². The fourth-order valence-corrected chi connectivity index (χ4v) is 3.45. The summed E-state index contributed by atoms with van der Waals surface area (Å²) in [6, 6.07) is 9.90. The second-order valence-corrected chi connectivity index (χ2v) is 7.01. The van der Waals surface area contributed by atoms with E-state index in [1.54, 1.807) is 17.4 Å². The number of nitrogens with two attached hydrogens (primary N) is 1. The zero-order valence-electron chi connectivity index (χ0n) is 13.1. The Bertz CT molecular complexity index is 855. The maximum absolute atomic E-state index is 9.53. The average Bonchev–Trinajstić information content (AvgIpc) is 3.08. The van der Waals surface area contributed by atoms with Gasteiger partial charge in [-0.1, -0.05) is 6.07 Å². The molecule has 24 heavy (non-hydrogen) atoms. The number of aliphatic hydroxyl groups excluding tert-OH is 1. The molecule has 3 aromatic rings. The SMILES string of the molecule is Nc1cc(OCC2(CO)COC2)c2ccc(-c3ccsc3)cc2n1. The van der Waals surface area contributed by atoms with Crippen molar-refractivity contribution < 1.29 is 14.6 Å². The molecule has 1 aliphatic rings. The second-order valence-electron chi connectivity index (χ2n) is 6.23. The summed E-state index contributed by atoms with van der Waals surface area (Å²) in [6.45, 7) is 1.48. The van der Waals surface area contributed by atoms with Crippen LogP contribution in [0.4, 0.5) is 5.82 Å². The summed E-state index contributed by atoms with van der Waals surface area (Å²) >= 11 is 1.66. The molecule has 1 saturated heterocycles. The summed E-state index contributed by atoms with van der Waals surface area (Å²) in [5.74, 6) is 1.11. The highest BCUT2D eigenvalue weighted by Gasteiger charge is 2.39. The van der Waals surface area contributed by atoms with Gasteiger partial charge in [0.1, 0.15) is 18.2 Å². The Balaban J connectivity index is 1.68. The smallest absolute Gasteiger partial charge is 0.132 e. The first kappa shape index (κ1) is 15.4. The van der Waals surface area contributed by atoms with Crippen molar-refractivity contribution in [1.82, 2.24) is 4.98 Å². The van der Waals surface area contributed by atoms with E-state index >= 15 is 0 Å². The summed E-state index contributed by atoms with van der Waals surface area (Å²) in [5, 5.41) is 14.6. The van der Waals surface area contributed by atoms with E-state index in [4.69, 9.17) is 15.2 Å². The van der Waals surface area contributed by atoms with Crippen molar-refractivity contribution in [3.63, 3.8) is 0 Å². The van der Waals surface area contributed by atoms with Crippen LogP contribution in [0.25, 0.3) is 22.0 Å². The lowest BCUT2D eigenvalue weighted by Gasteiger charge is -2.39. The third-order valence-electron chi connectivity index (χ3n) is 4.33. The molecule has 3 heterocycles. The minimum absolute atomic E-state index is 0.0494. The van der Waals surface area contributed by atoms with Crippen LogP contribution in [0, 0.1) is 5.41 Å². The molecule has 3 N–H and O–H groups in total. The summed E-state index contributed by atoms with van der Waals surface area (Å²) in [5.41, 5.74) is 8.72. The Labute approximate surface area is 143 Å². The van der Waals surface area contributed by atoms with Gasteiger partial charge in [-0.05, 0) is 40.1 Å². The topological polar surface area (TPSA) is 77.6 Å². The van der Waals surface area contributed by atoms with Crippen molar-refractivity contribution in [1.29, 1.82) is 0 Å². The number of nitrogens with zero attached hydrogens (tertiary/aromatic N) is 1. The molecule has 0 amide bonds. The standard InChI is InChI=1S/C18H18N2O3S/c19-17-6-16(23-11-18(8-21)9-22-10-18)14-2-1-12(5-15(14)20-17)13-3-4-24-7-13/h1-7,21H,8-11H2,(H2,19,20). The van der Waals surface area contributed by atoms with Crippen LogP contribution in [0.3, 0.4) is 0 Å². The number of thiophene rings is 1. The number of nitrogen functional groups attached to an aromatic ring is 1. The Morgan fingerprint density at radius 1 is 1.25 bits per heavy atom. The quantitative estimate of drug-likeness (QED) is 0.745. The monoisotopic (exact) mass is 342 g/mol. The van der Waals surface area contributed by atoms with Crippen LogP contribution in [0.15, 0.2) is 41.1 Å². The summed E-state index contributed by atoms with van der Waals surface area (Å²) < 4.78 is 11.2. The zero-order valence-corrected chi connectivity index (χ0v) is 13.9. The van der Waals surface area contributed by atoms with E-state index in [1.807, 2.05) is 12.1 Å². The Hall–Kier alpha value is -2.15. The first-order valence-corrected chi connectivity index (χ1v) is 8.68. The van der Waals surface area contributed by atoms with Gasteiger partial charge in [-0.25, -0.2) is 4.98 Å². The molecule has 4 rings (SSSR count). The molecule has 0 radical (unpaired) electrons. The van der Waals surface area contributed by atoms with Crippen LogP contribution in [0.1, 0.15) is 0 Å². The molecule has 0 bridgehead atoms. The van der Waals surface area contributed by atoms with Gasteiger partial charge in [0.15, 0.2) is 0 Å².